The van der Waals surface area contributed by atoms with Crippen LogP contribution in [0.25, 0.3) is 22.2 Å². The molecule has 0 bridgehead atoms. The first-order chi connectivity index (χ1) is 17.0. The summed E-state index contributed by atoms with van der Waals surface area (Å²) in [5, 5.41) is 0.476. The topological polar surface area (TPSA) is 54.6 Å². The molecule has 6 rings (SSSR count). The first kappa shape index (κ1) is 22.6. The molecular weight excluding hydrogens is 457 g/mol. The van der Waals surface area contributed by atoms with Gasteiger partial charge in [0.25, 0.3) is 0 Å². The lowest BCUT2D eigenvalue weighted by molar-refractivity contribution is -0.154. The van der Waals surface area contributed by atoms with Gasteiger partial charge in [-0.3, -0.25) is 4.79 Å². The molecule has 3 aliphatic rings. The maximum absolute atomic E-state index is 14.6. The number of amides is 1. The number of nitrogens with one attached hydrogen (secondary N) is 1. The van der Waals surface area contributed by atoms with E-state index < -0.39 is 11.6 Å². The Hall–Kier alpha value is -2.84. The summed E-state index contributed by atoms with van der Waals surface area (Å²) >= 11 is 0. The van der Waals surface area contributed by atoms with Crippen LogP contribution in [0.2, 0.25) is 0 Å². The quantitative estimate of drug-likeness (QED) is 0.527. The summed E-state index contributed by atoms with van der Waals surface area (Å²) in [6.07, 6.45) is 3.55. The number of fused-ring (bicyclic) bond motifs is 1. The zero-order chi connectivity index (χ0) is 24.1. The van der Waals surface area contributed by atoms with Crippen molar-refractivity contribution in [2.24, 2.45) is 5.92 Å². The summed E-state index contributed by atoms with van der Waals surface area (Å²) in [7, 11) is 0. The van der Waals surface area contributed by atoms with E-state index >= 15 is 0 Å². The number of ether oxygens (including phenoxy) is 2. The highest BCUT2D eigenvalue weighted by atomic mass is 19.1. The third-order valence-electron chi connectivity index (χ3n) is 7.59. The van der Waals surface area contributed by atoms with Crippen LogP contribution in [0, 0.1) is 23.4 Å². The Morgan fingerprint density at radius 3 is 2.57 bits per heavy atom. The van der Waals surface area contributed by atoms with E-state index in [1.807, 2.05) is 4.90 Å². The molecule has 2 aliphatic heterocycles. The van der Waals surface area contributed by atoms with Crippen LogP contribution in [0.4, 0.5) is 13.2 Å². The van der Waals surface area contributed by atoms with E-state index in [4.69, 9.17) is 9.47 Å². The van der Waals surface area contributed by atoms with Crippen molar-refractivity contribution in [2.45, 2.75) is 43.8 Å². The maximum Gasteiger partial charge on any atom is 0.225 e. The van der Waals surface area contributed by atoms with Crippen LogP contribution >= 0.6 is 0 Å². The minimum Gasteiger partial charge on any atom is -0.376 e. The lowest BCUT2D eigenvalue weighted by atomic mass is 9.69. The van der Waals surface area contributed by atoms with E-state index in [-0.39, 0.29) is 41.3 Å². The molecule has 5 nitrogen and oxygen atoms in total. The van der Waals surface area contributed by atoms with E-state index in [0.717, 1.165) is 31.1 Å². The first-order valence-electron chi connectivity index (χ1n) is 12.2. The molecule has 3 fully saturated rings. The van der Waals surface area contributed by atoms with E-state index in [1.54, 1.807) is 12.1 Å². The molecule has 184 valence electrons. The van der Waals surface area contributed by atoms with E-state index in [0.29, 0.717) is 49.2 Å². The van der Waals surface area contributed by atoms with Crippen molar-refractivity contribution in [3.05, 3.63) is 59.4 Å². The van der Waals surface area contributed by atoms with Crippen molar-refractivity contribution in [2.75, 3.05) is 26.3 Å². The second-order valence-corrected chi connectivity index (χ2v) is 9.93. The number of hydrogen-bond donors (Lipinski definition) is 1. The van der Waals surface area contributed by atoms with Gasteiger partial charge in [-0.25, -0.2) is 13.2 Å². The van der Waals surface area contributed by atoms with Gasteiger partial charge in [0.05, 0.1) is 30.0 Å². The fourth-order valence-electron chi connectivity index (χ4n) is 5.56. The number of rotatable bonds is 6. The zero-order valence-corrected chi connectivity index (χ0v) is 19.2. The van der Waals surface area contributed by atoms with Gasteiger partial charge < -0.3 is 19.4 Å². The van der Waals surface area contributed by atoms with Crippen LogP contribution in [-0.2, 0) is 14.3 Å². The summed E-state index contributed by atoms with van der Waals surface area (Å²) in [5.41, 5.74) is 2.35. The Morgan fingerprint density at radius 2 is 1.86 bits per heavy atom. The monoisotopic (exact) mass is 484 g/mol. The van der Waals surface area contributed by atoms with Gasteiger partial charge in [0.1, 0.15) is 17.5 Å². The zero-order valence-electron chi connectivity index (χ0n) is 19.2. The molecule has 1 aliphatic carbocycles. The molecule has 8 heteroatoms. The highest BCUT2D eigenvalue weighted by Gasteiger charge is 2.43. The summed E-state index contributed by atoms with van der Waals surface area (Å²) in [5.74, 6) is -1.72. The number of benzene rings is 2. The molecule has 2 saturated heterocycles. The molecule has 0 radical (unpaired) electrons. The Labute approximate surface area is 201 Å². The van der Waals surface area contributed by atoms with Crippen LogP contribution in [0.3, 0.4) is 0 Å². The summed E-state index contributed by atoms with van der Waals surface area (Å²) < 4.78 is 53.6. The van der Waals surface area contributed by atoms with Crippen molar-refractivity contribution < 1.29 is 27.4 Å². The Balaban J connectivity index is 1.15. The molecular formula is C27H27F3N2O3. The number of carbonyl (C=O) groups excluding carboxylic acids is 1. The van der Waals surface area contributed by atoms with Crippen LogP contribution < -0.4 is 0 Å². The number of hydrogen-bond acceptors (Lipinski definition) is 3. The van der Waals surface area contributed by atoms with Crippen molar-refractivity contribution in [1.29, 1.82) is 0 Å². The van der Waals surface area contributed by atoms with Crippen molar-refractivity contribution in [1.82, 2.24) is 9.88 Å². The van der Waals surface area contributed by atoms with Gasteiger partial charge in [-0.2, -0.15) is 0 Å². The van der Waals surface area contributed by atoms with Gasteiger partial charge in [-0.1, -0.05) is 0 Å². The van der Waals surface area contributed by atoms with Crippen molar-refractivity contribution in [3.8, 4) is 11.3 Å². The molecule has 3 heterocycles. The fourth-order valence-corrected chi connectivity index (χ4v) is 5.56. The molecule has 1 amide bonds. The third-order valence-corrected chi connectivity index (χ3v) is 7.59. The average Bonchev–Trinajstić information content (AvgIpc) is 3.41. The summed E-state index contributed by atoms with van der Waals surface area (Å²) in [4.78, 5) is 17.9. The minimum absolute atomic E-state index is 0.0215. The third kappa shape index (κ3) is 4.23. The smallest absolute Gasteiger partial charge is 0.225 e. The predicted molar refractivity (Wildman–Crippen MR) is 124 cm³/mol. The second kappa shape index (κ2) is 8.99. The molecule has 1 N–H and O–H groups in total. The van der Waals surface area contributed by atoms with Crippen LogP contribution in [0.1, 0.15) is 37.2 Å². The van der Waals surface area contributed by atoms with Crippen LogP contribution in [0.5, 0.6) is 0 Å². The Kier molecular flexibility index (Phi) is 5.81. The summed E-state index contributed by atoms with van der Waals surface area (Å²) in [6.45, 7) is 2.57. The number of carbonyl (C=O) groups is 1. The Bertz CT molecular complexity index is 1240. The normalized spacial score (nSPS) is 24.5. The maximum atomic E-state index is 14.6. The highest BCUT2D eigenvalue weighted by Crippen LogP contribution is 2.49. The van der Waals surface area contributed by atoms with Gasteiger partial charge in [0.15, 0.2) is 0 Å². The lowest BCUT2D eigenvalue weighted by Gasteiger charge is -2.44. The molecule has 0 spiro atoms. The van der Waals surface area contributed by atoms with Crippen LogP contribution in [-0.4, -0.2) is 54.3 Å². The van der Waals surface area contributed by atoms with E-state index in [9.17, 15) is 18.0 Å². The number of likely N-dealkylation sites (tertiary alicyclic amines) is 1. The average molecular weight is 485 g/mol. The standard InChI is InChI=1S/C27H27F3N2O3/c28-18-5-3-15(4-6-18)25-24(22-10-19(29)11-23(30)26(22)31-25)16-8-17(9-16)27(33)32-12-21(13-32)35-14-20-2-1-7-34-20/h3-6,10-11,16-17,20-21,31H,1-2,7-9,12-14H2/t16-,17-,20?. The first-order valence-corrected chi connectivity index (χ1v) is 12.2. The molecule has 2 aromatic carbocycles. The molecule has 35 heavy (non-hydrogen) atoms. The van der Waals surface area contributed by atoms with Crippen molar-refractivity contribution >= 4 is 16.8 Å². The largest absolute Gasteiger partial charge is 0.376 e. The molecule has 1 unspecified atom stereocenters. The number of aromatic nitrogens is 1. The second-order valence-electron chi connectivity index (χ2n) is 9.93. The van der Waals surface area contributed by atoms with Gasteiger partial charge in [0, 0.05) is 37.1 Å². The Morgan fingerprint density at radius 1 is 1.09 bits per heavy atom. The van der Waals surface area contributed by atoms with Gasteiger partial charge in [-0.05, 0) is 73.1 Å². The van der Waals surface area contributed by atoms with E-state index in [1.165, 1.54) is 18.2 Å². The number of H-pyrrole nitrogens is 1. The number of nitrogens with zero attached hydrogens (tertiary/aromatic N) is 1. The van der Waals surface area contributed by atoms with Crippen molar-refractivity contribution in [3.63, 3.8) is 0 Å². The number of aromatic amines is 1. The van der Waals surface area contributed by atoms with Gasteiger partial charge in [0.2, 0.25) is 5.91 Å². The molecule has 1 aromatic heterocycles. The number of halogens is 3. The molecule has 1 atom stereocenters. The van der Waals surface area contributed by atoms with Gasteiger partial charge in [-0.15, -0.1) is 0 Å². The summed E-state index contributed by atoms with van der Waals surface area (Å²) in [6, 6.07) is 8.11. The molecule has 3 aromatic rings. The highest BCUT2D eigenvalue weighted by molar-refractivity contribution is 5.92. The van der Waals surface area contributed by atoms with Crippen LogP contribution in [0.15, 0.2) is 36.4 Å². The molecule has 1 saturated carbocycles. The lowest BCUT2D eigenvalue weighted by Crippen LogP contribution is -2.57. The minimum atomic E-state index is -0.670. The van der Waals surface area contributed by atoms with Gasteiger partial charge >= 0.3 is 0 Å². The fraction of sp³-hybridized carbons (Fsp3) is 0.444. The predicted octanol–water partition coefficient (Wildman–Crippen LogP) is 5.15. The SMILES string of the molecule is O=C([C@H]1C[C@H](c2c(-c3ccc(F)cc3)[nH]c3c(F)cc(F)cc32)C1)N1CC(OCC2CCCO2)C1. The van der Waals surface area contributed by atoms with E-state index in [2.05, 4.69) is 4.98 Å².